The molecular weight excluding hydrogens is 657 g/mol. The highest BCUT2D eigenvalue weighted by Crippen LogP contribution is 2.31. The van der Waals surface area contributed by atoms with E-state index < -0.39 is 17.1 Å². The van der Waals surface area contributed by atoms with Crippen molar-refractivity contribution in [3.63, 3.8) is 0 Å². The second-order valence-corrected chi connectivity index (χ2v) is 12.1. The minimum absolute atomic E-state index is 0.0734. The molecule has 0 bridgehead atoms. The summed E-state index contributed by atoms with van der Waals surface area (Å²) < 4.78 is 0.835. The van der Waals surface area contributed by atoms with Gasteiger partial charge in [-0.15, -0.1) is 11.8 Å². The van der Waals surface area contributed by atoms with Crippen molar-refractivity contribution in [1.82, 2.24) is 5.32 Å². The number of carbonyl (C=O) groups excluding carboxylic acids is 3. The molecule has 0 aliphatic rings. The second-order valence-electron chi connectivity index (χ2n) is 9.04. The number of benzene rings is 4. The van der Waals surface area contributed by atoms with Crippen LogP contribution in [0.2, 0.25) is 10.0 Å². The van der Waals surface area contributed by atoms with Crippen LogP contribution in [-0.4, -0.2) is 23.0 Å². The Morgan fingerprint density at radius 1 is 0.881 bits per heavy atom. The third kappa shape index (κ3) is 8.97. The lowest BCUT2D eigenvalue weighted by atomic mass is 10.1. The van der Waals surface area contributed by atoms with E-state index in [0.29, 0.717) is 33.4 Å². The maximum atomic E-state index is 13.4. The van der Waals surface area contributed by atoms with E-state index in [2.05, 4.69) is 31.9 Å². The van der Waals surface area contributed by atoms with Crippen LogP contribution >= 0.6 is 50.9 Å². The Hall–Kier alpha value is -3.56. The number of halogens is 3. The predicted molar refractivity (Wildman–Crippen MR) is 176 cm³/mol. The van der Waals surface area contributed by atoms with Crippen molar-refractivity contribution in [1.29, 1.82) is 0 Å². The number of carbonyl (C=O) groups is 3. The van der Waals surface area contributed by atoms with Crippen LogP contribution in [0.4, 0.5) is 11.4 Å². The van der Waals surface area contributed by atoms with Crippen LogP contribution in [0.3, 0.4) is 0 Å². The van der Waals surface area contributed by atoms with Crippen LogP contribution in [-0.2, 0) is 9.59 Å². The van der Waals surface area contributed by atoms with E-state index in [0.717, 1.165) is 14.9 Å². The van der Waals surface area contributed by atoms with Crippen molar-refractivity contribution in [2.24, 2.45) is 0 Å². The van der Waals surface area contributed by atoms with E-state index in [9.17, 15) is 14.4 Å². The van der Waals surface area contributed by atoms with Crippen molar-refractivity contribution < 1.29 is 14.4 Å². The van der Waals surface area contributed by atoms with Gasteiger partial charge in [0, 0.05) is 25.6 Å². The molecule has 0 aliphatic heterocycles. The minimum atomic E-state index is -0.498. The molecule has 0 aliphatic carbocycles. The summed E-state index contributed by atoms with van der Waals surface area (Å²) in [5.74, 6) is -1.13. The molecule has 4 aromatic rings. The lowest BCUT2D eigenvalue weighted by Gasteiger charge is -2.16. The maximum absolute atomic E-state index is 13.4. The van der Waals surface area contributed by atoms with Crippen LogP contribution in [0.15, 0.2) is 112 Å². The smallest absolute Gasteiger partial charge is 0.272 e. The lowest BCUT2D eigenvalue weighted by Crippen LogP contribution is -2.30. The largest absolute Gasteiger partial charge is 0.324 e. The average Bonchev–Trinajstić information content (AvgIpc) is 2.98. The molecule has 0 spiro atoms. The normalized spacial score (nSPS) is 11.9. The molecule has 42 heavy (non-hydrogen) atoms. The first kappa shape index (κ1) is 31.4. The first-order valence-corrected chi connectivity index (χ1v) is 15.3. The Bertz CT molecular complexity index is 1630. The topological polar surface area (TPSA) is 87.3 Å². The monoisotopic (exact) mass is 681 g/mol. The van der Waals surface area contributed by atoms with Crippen LogP contribution in [0.5, 0.6) is 0 Å². The summed E-state index contributed by atoms with van der Waals surface area (Å²) in [5.41, 5.74) is 2.17. The number of amides is 3. The quantitative estimate of drug-likeness (QED) is 0.115. The number of thioether (sulfide) groups is 1. The first-order valence-electron chi connectivity index (χ1n) is 12.9. The van der Waals surface area contributed by atoms with E-state index in [4.69, 9.17) is 23.2 Å². The van der Waals surface area contributed by atoms with Crippen molar-refractivity contribution in [2.45, 2.75) is 23.5 Å². The molecule has 1 unspecified atom stereocenters. The van der Waals surface area contributed by atoms with Gasteiger partial charge < -0.3 is 16.0 Å². The molecule has 4 rings (SSSR count). The molecule has 3 amide bonds. The van der Waals surface area contributed by atoms with Gasteiger partial charge >= 0.3 is 0 Å². The number of anilines is 2. The van der Waals surface area contributed by atoms with Gasteiger partial charge in [0.2, 0.25) is 5.91 Å². The zero-order chi connectivity index (χ0) is 30.1. The average molecular weight is 683 g/mol. The van der Waals surface area contributed by atoms with Gasteiger partial charge in [0.15, 0.2) is 0 Å². The van der Waals surface area contributed by atoms with E-state index >= 15 is 0 Å². The van der Waals surface area contributed by atoms with Crippen LogP contribution in [0, 0.1) is 0 Å². The predicted octanol–water partition coefficient (Wildman–Crippen LogP) is 8.67. The third-order valence-electron chi connectivity index (χ3n) is 5.91. The fourth-order valence-electron chi connectivity index (χ4n) is 3.84. The Labute approximate surface area is 267 Å². The van der Waals surface area contributed by atoms with Gasteiger partial charge in [0.1, 0.15) is 5.70 Å². The zero-order valence-corrected chi connectivity index (χ0v) is 26.3. The van der Waals surface area contributed by atoms with E-state index in [1.807, 2.05) is 43.3 Å². The van der Waals surface area contributed by atoms with Crippen molar-refractivity contribution in [3.05, 3.63) is 128 Å². The van der Waals surface area contributed by atoms with E-state index in [1.165, 1.54) is 11.8 Å². The number of nitrogens with one attached hydrogen (secondary N) is 3. The lowest BCUT2D eigenvalue weighted by molar-refractivity contribution is -0.116. The highest BCUT2D eigenvalue weighted by atomic mass is 79.9. The fraction of sp³-hybridized carbons (Fsp3) is 0.0938. The number of hydrogen-bond acceptors (Lipinski definition) is 4. The van der Waals surface area contributed by atoms with Crippen LogP contribution in [0.25, 0.3) is 6.08 Å². The summed E-state index contributed by atoms with van der Waals surface area (Å²) in [6.45, 7) is 1.91. The summed E-state index contributed by atoms with van der Waals surface area (Å²) in [7, 11) is 0. The summed E-state index contributed by atoms with van der Waals surface area (Å²) in [6, 6.07) is 28.1. The summed E-state index contributed by atoms with van der Waals surface area (Å²) in [5, 5.41) is 8.88. The van der Waals surface area contributed by atoms with Gasteiger partial charge in [-0.05, 0) is 78.7 Å². The van der Waals surface area contributed by atoms with Crippen LogP contribution in [0.1, 0.15) is 29.3 Å². The van der Waals surface area contributed by atoms with E-state index in [1.54, 1.807) is 66.7 Å². The van der Waals surface area contributed by atoms with Gasteiger partial charge in [-0.1, -0.05) is 82.5 Å². The Kier molecular flexibility index (Phi) is 11.3. The molecule has 4 aromatic carbocycles. The molecule has 0 saturated carbocycles. The molecule has 0 fully saturated rings. The SMILES string of the molecule is CCC(Sc1cccc(NC(=O)/C(=C\c2cccc(Br)c2)NC(=O)c2ccccc2)c1)C(=O)Nc1cc(Cl)ccc1Cl. The summed E-state index contributed by atoms with van der Waals surface area (Å²) in [4.78, 5) is 40.1. The number of hydrogen-bond donors (Lipinski definition) is 3. The molecule has 214 valence electrons. The van der Waals surface area contributed by atoms with Gasteiger partial charge in [-0.3, -0.25) is 14.4 Å². The highest BCUT2D eigenvalue weighted by Gasteiger charge is 2.20. The number of rotatable bonds is 10. The Morgan fingerprint density at radius 2 is 1.64 bits per heavy atom. The third-order valence-corrected chi connectivity index (χ3v) is 8.32. The molecule has 0 aromatic heterocycles. The fourth-order valence-corrected chi connectivity index (χ4v) is 5.61. The highest BCUT2D eigenvalue weighted by molar-refractivity contribution is 9.10. The first-order chi connectivity index (χ1) is 20.2. The Morgan fingerprint density at radius 3 is 2.38 bits per heavy atom. The van der Waals surface area contributed by atoms with Crippen LogP contribution < -0.4 is 16.0 Å². The minimum Gasteiger partial charge on any atom is -0.324 e. The van der Waals surface area contributed by atoms with Crippen molar-refractivity contribution in [3.8, 4) is 0 Å². The molecule has 0 saturated heterocycles. The molecule has 1 atom stereocenters. The molecule has 10 heteroatoms. The second kappa shape index (κ2) is 15.1. The van der Waals surface area contributed by atoms with Gasteiger partial charge in [-0.25, -0.2) is 0 Å². The molecular formula is C32H26BrCl2N3O3S. The maximum Gasteiger partial charge on any atom is 0.272 e. The summed E-state index contributed by atoms with van der Waals surface area (Å²) >= 11 is 17.1. The molecule has 3 N–H and O–H groups in total. The van der Waals surface area contributed by atoms with Gasteiger partial charge in [-0.2, -0.15) is 0 Å². The Balaban J connectivity index is 1.51. The standard InChI is InChI=1S/C32H26BrCl2N3O3S/c1-2-29(32(41)37-27-18-23(34)14-15-26(27)35)42-25-13-7-12-24(19-25)36-31(40)28(17-20-8-6-11-22(33)16-20)38-30(39)21-9-4-3-5-10-21/h3-19,29H,2H2,1H3,(H,36,40)(H,37,41)(H,38,39)/b28-17+. The van der Waals surface area contributed by atoms with Crippen molar-refractivity contribution >= 4 is 86.1 Å². The molecule has 0 heterocycles. The van der Waals surface area contributed by atoms with Crippen molar-refractivity contribution in [2.75, 3.05) is 10.6 Å². The van der Waals surface area contributed by atoms with Gasteiger partial charge in [0.05, 0.1) is 16.0 Å². The summed E-state index contributed by atoms with van der Waals surface area (Å²) in [6.07, 6.45) is 2.16. The van der Waals surface area contributed by atoms with E-state index in [-0.39, 0.29) is 11.6 Å². The zero-order valence-electron chi connectivity index (χ0n) is 22.4. The molecule has 0 radical (unpaired) electrons. The van der Waals surface area contributed by atoms with Gasteiger partial charge in [0.25, 0.3) is 11.8 Å². The molecule has 6 nitrogen and oxygen atoms in total.